The van der Waals surface area contributed by atoms with E-state index >= 15 is 0 Å². The number of hydrogen-bond acceptors (Lipinski definition) is 4. The lowest BCUT2D eigenvalue weighted by molar-refractivity contribution is -0.147. The van der Waals surface area contributed by atoms with Crippen molar-refractivity contribution < 1.29 is 14.7 Å². The number of hydrogen-bond donors (Lipinski definition) is 3. The van der Waals surface area contributed by atoms with E-state index in [1.807, 2.05) is 12.2 Å². The van der Waals surface area contributed by atoms with Crippen LogP contribution in [-0.2, 0) is 9.59 Å². The van der Waals surface area contributed by atoms with Crippen LogP contribution in [0.1, 0.15) is 31.6 Å². The largest absolute Gasteiger partial charge is 0.481 e. The number of aromatic nitrogens is 3. The molecule has 0 aromatic carbocycles. The fraction of sp³-hybridized carbons (Fsp3) is 0.500. The summed E-state index contributed by atoms with van der Waals surface area (Å²) >= 11 is 0. The molecule has 102 valence electrons. The molecule has 0 saturated carbocycles. The second-order valence-electron chi connectivity index (χ2n) is 4.60. The molecule has 7 nitrogen and oxygen atoms in total. The van der Waals surface area contributed by atoms with Crippen LogP contribution in [0.2, 0.25) is 0 Å². The van der Waals surface area contributed by atoms with Gasteiger partial charge in [0.05, 0.1) is 17.9 Å². The van der Waals surface area contributed by atoms with Gasteiger partial charge < -0.3 is 10.4 Å². The van der Waals surface area contributed by atoms with Gasteiger partial charge in [-0.1, -0.05) is 12.2 Å². The molecule has 1 aliphatic carbocycles. The molecule has 0 radical (unpaired) electrons. The molecule has 0 saturated heterocycles. The Hall–Kier alpha value is -2.18. The van der Waals surface area contributed by atoms with Crippen molar-refractivity contribution in [3.05, 3.63) is 24.3 Å². The predicted octanol–water partition coefficient (Wildman–Crippen LogP) is 0.649. The van der Waals surface area contributed by atoms with Crippen LogP contribution in [-0.4, -0.2) is 32.2 Å². The maximum Gasteiger partial charge on any atom is 0.307 e. The Morgan fingerprint density at radius 3 is 2.68 bits per heavy atom. The Morgan fingerprint density at radius 2 is 2.11 bits per heavy atom. The van der Waals surface area contributed by atoms with E-state index in [4.69, 9.17) is 5.11 Å². The van der Waals surface area contributed by atoms with Crippen LogP contribution < -0.4 is 5.32 Å². The van der Waals surface area contributed by atoms with Crippen molar-refractivity contribution in [3.63, 3.8) is 0 Å². The molecular formula is C12H16N4O3. The fourth-order valence-electron chi connectivity index (χ4n) is 2.19. The number of rotatable bonds is 4. The number of carbonyl (C=O) groups is 2. The van der Waals surface area contributed by atoms with Gasteiger partial charge in [0.2, 0.25) is 5.91 Å². The van der Waals surface area contributed by atoms with Gasteiger partial charge in [-0.2, -0.15) is 5.10 Å². The molecule has 2 rings (SSSR count). The first-order valence-electron chi connectivity index (χ1n) is 6.13. The molecule has 3 atom stereocenters. The summed E-state index contributed by atoms with van der Waals surface area (Å²) < 4.78 is 0. The number of nitrogens with one attached hydrogen (secondary N) is 2. The number of aliphatic carboxylic acids is 1. The first-order chi connectivity index (χ1) is 9.09. The van der Waals surface area contributed by atoms with Crippen LogP contribution >= 0.6 is 0 Å². The highest BCUT2D eigenvalue weighted by atomic mass is 16.4. The van der Waals surface area contributed by atoms with E-state index in [1.54, 1.807) is 6.92 Å². The first-order valence-corrected chi connectivity index (χ1v) is 6.13. The zero-order chi connectivity index (χ0) is 13.8. The third kappa shape index (κ3) is 2.98. The Kier molecular flexibility index (Phi) is 3.94. The normalized spacial score (nSPS) is 23.8. The third-order valence-corrected chi connectivity index (χ3v) is 3.29. The topological polar surface area (TPSA) is 108 Å². The van der Waals surface area contributed by atoms with E-state index in [-0.39, 0.29) is 11.9 Å². The van der Waals surface area contributed by atoms with Crippen LogP contribution in [0, 0.1) is 11.8 Å². The lowest BCUT2D eigenvalue weighted by atomic mass is 9.82. The van der Waals surface area contributed by atoms with Crippen LogP contribution in [0.15, 0.2) is 18.5 Å². The second-order valence-corrected chi connectivity index (χ2v) is 4.60. The quantitative estimate of drug-likeness (QED) is 0.692. The highest BCUT2D eigenvalue weighted by Gasteiger charge is 2.34. The molecule has 0 spiro atoms. The van der Waals surface area contributed by atoms with Crippen molar-refractivity contribution >= 4 is 11.9 Å². The van der Waals surface area contributed by atoms with E-state index < -0.39 is 17.8 Å². The maximum absolute atomic E-state index is 12.1. The van der Waals surface area contributed by atoms with Crippen molar-refractivity contribution in [1.29, 1.82) is 0 Å². The summed E-state index contributed by atoms with van der Waals surface area (Å²) in [4.78, 5) is 27.2. The van der Waals surface area contributed by atoms with Crippen LogP contribution in [0.5, 0.6) is 0 Å². The zero-order valence-corrected chi connectivity index (χ0v) is 10.5. The standard InChI is InChI=1S/C12H16N4O3/c1-7(10-13-6-14-16-10)15-11(17)8-4-2-3-5-9(8)12(18)19/h2-3,6-9H,4-5H2,1H3,(H,15,17)(H,18,19)(H,13,14,16)/t7?,8-,9+/m1/s1. The molecule has 1 aromatic heterocycles. The van der Waals surface area contributed by atoms with Gasteiger partial charge in [-0.15, -0.1) is 0 Å². The van der Waals surface area contributed by atoms with E-state index in [9.17, 15) is 9.59 Å². The van der Waals surface area contributed by atoms with Gasteiger partial charge in [0.25, 0.3) is 0 Å². The average Bonchev–Trinajstić information content (AvgIpc) is 2.92. The summed E-state index contributed by atoms with van der Waals surface area (Å²) in [5, 5.41) is 18.3. The minimum absolute atomic E-state index is 0.263. The number of carbonyl (C=O) groups excluding carboxylic acids is 1. The minimum Gasteiger partial charge on any atom is -0.481 e. The summed E-state index contributed by atoms with van der Waals surface area (Å²) in [6.45, 7) is 1.77. The number of allylic oxidation sites excluding steroid dienone is 2. The van der Waals surface area contributed by atoms with Crippen molar-refractivity contribution in [2.75, 3.05) is 0 Å². The first kappa shape index (κ1) is 13.3. The molecule has 1 heterocycles. The molecule has 1 unspecified atom stereocenters. The lowest BCUT2D eigenvalue weighted by Gasteiger charge is -2.25. The van der Waals surface area contributed by atoms with Crippen LogP contribution in [0.3, 0.4) is 0 Å². The Balaban J connectivity index is 2.02. The van der Waals surface area contributed by atoms with Gasteiger partial charge in [-0.05, 0) is 19.8 Å². The molecule has 0 fully saturated rings. The van der Waals surface area contributed by atoms with E-state index in [2.05, 4.69) is 20.5 Å². The van der Waals surface area contributed by atoms with Gasteiger partial charge in [0.15, 0.2) is 0 Å². The number of amides is 1. The number of carboxylic acid groups (broad SMARTS) is 1. The average molecular weight is 264 g/mol. The number of aromatic amines is 1. The van der Waals surface area contributed by atoms with Crippen molar-refractivity contribution in [2.45, 2.75) is 25.8 Å². The summed E-state index contributed by atoms with van der Waals surface area (Å²) in [6, 6.07) is -0.324. The lowest BCUT2D eigenvalue weighted by Crippen LogP contribution is -2.40. The molecule has 7 heteroatoms. The molecule has 1 aromatic rings. The van der Waals surface area contributed by atoms with Crippen molar-refractivity contribution in [3.8, 4) is 0 Å². The zero-order valence-electron chi connectivity index (χ0n) is 10.5. The van der Waals surface area contributed by atoms with E-state index in [1.165, 1.54) is 6.33 Å². The van der Waals surface area contributed by atoms with E-state index in [0.29, 0.717) is 18.7 Å². The smallest absolute Gasteiger partial charge is 0.307 e. The fourth-order valence-corrected chi connectivity index (χ4v) is 2.19. The molecule has 0 bridgehead atoms. The van der Waals surface area contributed by atoms with Crippen LogP contribution in [0.4, 0.5) is 0 Å². The summed E-state index contributed by atoms with van der Waals surface area (Å²) in [5.74, 6) is -1.84. The summed E-state index contributed by atoms with van der Waals surface area (Å²) in [6.07, 6.45) is 5.86. The molecular weight excluding hydrogens is 248 g/mol. The highest BCUT2D eigenvalue weighted by molar-refractivity contribution is 5.85. The Bertz CT molecular complexity index is 483. The maximum atomic E-state index is 12.1. The van der Waals surface area contributed by atoms with Gasteiger partial charge >= 0.3 is 5.97 Å². The number of nitrogens with zero attached hydrogens (tertiary/aromatic N) is 2. The van der Waals surface area contributed by atoms with Crippen molar-refractivity contribution in [2.24, 2.45) is 11.8 Å². The van der Waals surface area contributed by atoms with Crippen molar-refractivity contribution in [1.82, 2.24) is 20.5 Å². The SMILES string of the molecule is CC(NC(=O)[C@@H]1CC=CC[C@@H]1C(=O)O)c1ncn[nH]1. The minimum atomic E-state index is -0.934. The summed E-state index contributed by atoms with van der Waals surface area (Å²) in [7, 11) is 0. The van der Waals surface area contributed by atoms with Gasteiger partial charge in [-0.3, -0.25) is 14.7 Å². The molecule has 1 amide bonds. The second kappa shape index (κ2) is 5.64. The number of carboxylic acids is 1. The highest BCUT2D eigenvalue weighted by Crippen LogP contribution is 2.26. The molecule has 1 aliphatic rings. The third-order valence-electron chi connectivity index (χ3n) is 3.29. The Labute approximate surface area is 110 Å². The molecule has 19 heavy (non-hydrogen) atoms. The predicted molar refractivity (Wildman–Crippen MR) is 65.9 cm³/mol. The van der Waals surface area contributed by atoms with Gasteiger partial charge in [-0.25, -0.2) is 4.98 Å². The molecule has 0 aliphatic heterocycles. The van der Waals surface area contributed by atoms with Crippen LogP contribution in [0.25, 0.3) is 0 Å². The monoisotopic (exact) mass is 264 g/mol. The van der Waals surface area contributed by atoms with Gasteiger partial charge in [0.1, 0.15) is 12.2 Å². The molecule has 3 N–H and O–H groups in total. The Morgan fingerprint density at radius 1 is 1.42 bits per heavy atom. The van der Waals surface area contributed by atoms with E-state index in [0.717, 1.165) is 0 Å². The van der Waals surface area contributed by atoms with Gasteiger partial charge in [0, 0.05) is 0 Å². The number of H-pyrrole nitrogens is 1. The summed E-state index contributed by atoms with van der Waals surface area (Å²) in [5.41, 5.74) is 0.